The summed E-state index contributed by atoms with van der Waals surface area (Å²) in [6.07, 6.45) is 5.72. The Morgan fingerprint density at radius 1 is 1.31 bits per heavy atom. The van der Waals surface area contributed by atoms with Gasteiger partial charge >= 0.3 is 0 Å². The molecule has 4 nitrogen and oxygen atoms in total. The number of fused-ring (bicyclic) bond motifs is 1. The fourth-order valence-electron chi connectivity index (χ4n) is 5.54. The van der Waals surface area contributed by atoms with Crippen LogP contribution in [0.15, 0.2) is 34.9 Å². The van der Waals surface area contributed by atoms with Gasteiger partial charge in [-0.15, -0.1) is 0 Å². The van der Waals surface area contributed by atoms with Crippen LogP contribution in [0.1, 0.15) is 66.2 Å². The van der Waals surface area contributed by atoms with Crippen molar-refractivity contribution in [3.8, 4) is 0 Å². The second-order valence-corrected chi connectivity index (χ2v) is 8.93. The largest absolute Gasteiger partial charge is 0.389 e. The van der Waals surface area contributed by atoms with Gasteiger partial charge in [-0.2, -0.15) is 0 Å². The fourth-order valence-corrected chi connectivity index (χ4v) is 5.54. The van der Waals surface area contributed by atoms with E-state index in [1.165, 1.54) is 0 Å². The summed E-state index contributed by atoms with van der Waals surface area (Å²) in [5.41, 5.74) is 2.21. The first kappa shape index (κ1) is 19.4. The molecule has 0 aromatic rings. The Morgan fingerprint density at radius 2 is 1.96 bits per heavy atom. The number of aliphatic hydroxyl groups excluding tert-OH is 1. The molecule has 0 saturated heterocycles. The summed E-state index contributed by atoms with van der Waals surface area (Å²) < 4.78 is 0. The lowest BCUT2D eigenvalue weighted by Crippen LogP contribution is -2.51. The fraction of sp³-hybridized carbons (Fsp3) is 0.682. The van der Waals surface area contributed by atoms with Crippen LogP contribution in [0, 0.1) is 11.3 Å². The number of hydrogen-bond acceptors (Lipinski definition) is 3. The molecular formula is C22H33NO3. The molecule has 2 aliphatic carbocycles. The number of hydrogen-bond donors (Lipinski definition) is 2. The summed E-state index contributed by atoms with van der Waals surface area (Å²) in [4.78, 5) is 14.7. The van der Waals surface area contributed by atoms with Gasteiger partial charge in [-0.1, -0.05) is 37.6 Å². The van der Waals surface area contributed by atoms with Crippen molar-refractivity contribution >= 4 is 5.91 Å². The van der Waals surface area contributed by atoms with E-state index in [1.807, 2.05) is 19.9 Å². The normalized spacial score (nSPS) is 37.2. The first-order valence-corrected chi connectivity index (χ1v) is 9.91. The molecule has 0 spiro atoms. The molecule has 0 aromatic carbocycles. The molecule has 0 radical (unpaired) electrons. The van der Waals surface area contributed by atoms with Crippen molar-refractivity contribution in [2.45, 2.75) is 78.0 Å². The van der Waals surface area contributed by atoms with Gasteiger partial charge in [0.1, 0.15) is 0 Å². The Balaban J connectivity index is 2.15. The summed E-state index contributed by atoms with van der Waals surface area (Å²) in [6, 6.07) is 0. The number of carbonyl (C=O) groups excluding carboxylic acids is 1. The second kappa shape index (κ2) is 6.65. The van der Waals surface area contributed by atoms with Crippen LogP contribution in [-0.2, 0) is 4.79 Å². The van der Waals surface area contributed by atoms with Crippen LogP contribution in [0.5, 0.6) is 0 Å². The molecule has 2 bridgehead atoms. The van der Waals surface area contributed by atoms with Gasteiger partial charge in [-0.25, -0.2) is 0 Å². The quantitative estimate of drug-likeness (QED) is 0.702. The van der Waals surface area contributed by atoms with Crippen molar-refractivity contribution < 1.29 is 15.0 Å². The molecule has 1 aliphatic heterocycles. The third kappa shape index (κ3) is 2.97. The predicted molar refractivity (Wildman–Crippen MR) is 103 cm³/mol. The van der Waals surface area contributed by atoms with Gasteiger partial charge < -0.3 is 15.1 Å². The maximum absolute atomic E-state index is 13.0. The second-order valence-electron chi connectivity index (χ2n) is 8.93. The Labute approximate surface area is 157 Å². The molecule has 0 aromatic heterocycles. The van der Waals surface area contributed by atoms with E-state index >= 15 is 0 Å². The van der Waals surface area contributed by atoms with E-state index in [9.17, 15) is 15.0 Å². The standard InChI is InChI=1S/C22H33NO3/c1-6-23-20(25)18-10-9-16-8-7-14(2)11-17(24)12-15(3)13-22(23,26)19(18)21(16,4)5/h12,16-17,24,26H,2,6-11,13H2,1,3-5H3/b15-12+/t16-,17+,22-/m1/s1. The molecule has 4 heteroatoms. The maximum Gasteiger partial charge on any atom is 0.252 e. The minimum atomic E-state index is -1.28. The number of rotatable bonds is 1. The van der Waals surface area contributed by atoms with E-state index in [1.54, 1.807) is 4.90 Å². The Morgan fingerprint density at radius 3 is 2.62 bits per heavy atom. The van der Waals surface area contributed by atoms with Crippen LogP contribution in [-0.4, -0.2) is 39.4 Å². The van der Waals surface area contributed by atoms with Crippen LogP contribution in [0.3, 0.4) is 0 Å². The zero-order valence-corrected chi connectivity index (χ0v) is 16.6. The number of nitrogens with zero attached hydrogens (tertiary/aromatic N) is 1. The lowest BCUT2D eigenvalue weighted by Gasteiger charge is -2.47. The van der Waals surface area contributed by atoms with Gasteiger partial charge in [0.15, 0.2) is 5.72 Å². The topological polar surface area (TPSA) is 60.8 Å². The van der Waals surface area contributed by atoms with E-state index < -0.39 is 11.8 Å². The van der Waals surface area contributed by atoms with Crippen LogP contribution in [0.2, 0.25) is 0 Å². The van der Waals surface area contributed by atoms with Gasteiger partial charge in [0, 0.05) is 18.5 Å². The van der Waals surface area contributed by atoms with E-state index in [4.69, 9.17) is 0 Å². The molecular weight excluding hydrogens is 326 g/mol. The van der Waals surface area contributed by atoms with Gasteiger partial charge in [0.05, 0.1) is 6.10 Å². The molecule has 3 aliphatic rings. The minimum Gasteiger partial charge on any atom is -0.389 e. The van der Waals surface area contributed by atoms with Crippen molar-refractivity contribution in [3.05, 3.63) is 34.9 Å². The number of likely N-dealkylation sites (N-methyl/N-ethyl adjacent to an activating group) is 1. The molecule has 3 atom stereocenters. The molecule has 0 unspecified atom stereocenters. The van der Waals surface area contributed by atoms with Crippen molar-refractivity contribution in [2.75, 3.05) is 6.54 Å². The summed E-state index contributed by atoms with van der Waals surface area (Å²) in [7, 11) is 0. The Hall–Kier alpha value is -1.39. The van der Waals surface area contributed by atoms with E-state index in [0.717, 1.165) is 48.0 Å². The van der Waals surface area contributed by atoms with Gasteiger partial charge in [-0.3, -0.25) is 4.79 Å². The average molecular weight is 360 g/mol. The summed E-state index contributed by atoms with van der Waals surface area (Å²) in [6.45, 7) is 12.9. The average Bonchev–Trinajstić information content (AvgIpc) is 2.72. The predicted octanol–water partition coefficient (Wildman–Crippen LogP) is 3.71. The molecule has 2 N–H and O–H groups in total. The Kier molecular flexibility index (Phi) is 4.95. The zero-order valence-electron chi connectivity index (χ0n) is 16.6. The first-order valence-electron chi connectivity index (χ1n) is 9.91. The minimum absolute atomic E-state index is 0.0100. The summed E-state index contributed by atoms with van der Waals surface area (Å²) >= 11 is 0. The highest BCUT2D eigenvalue weighted by Crippen LogP contribution is 2.56. The smallest absolute Gasteiger partial charge is 0.252 e. The molecule has 26 heavy (non-hydrogen) atoms. The highest BCUT2D eigenvalue weighted by atomic mass is 16.3. The van der Waals surface area contributed by atoms with E-state index in [0.29, 0.717) is 25.3 Å². The van der Waals surface area contributed by atoms with Crippen LogP contribution < -0.4 is 0 Å². The summed E-state index contributed by atoms with van der Waals surface area (Å²) in [5.74, 6) is 0.388. The molecule has 1 heterocycles. The SMILES string of the molecule is C=C1CC[C@@H]2CCC3=C(C2(C)C)[C@](O)(C/C(C)=C/[C@@H](O)C1)N(CC)C3=O. The van der Waals surface area contributed by atoms with Crippen molar-refractivity contribution in [3.63, 3.8) is 0 Å². The summed E-state index contributed by atoms with van der Waals surface area (Å²) in [5, 5.41) is 22.2. The van der Waals surface area contributed by atoms with Gasteiger partial charge in [0.25, 0.3) is 5.91 Å². The van der Waals surface area contributed by atoms with Crippen molar-refractivity contribution in [1.29, 1.82) is 0 Å². The lowest BCUT2D eigenvalue weighted by atomic mass is 9.61. The number of carbonyl (C=O) groups is 1. The highest BCUT2D eigenvalue weighted by Gasteiger charge is 2.57. The van der Waals surface area contributed by atoms with Crippen molar-refractivity contribution in [2.24, 2.45) is 11.3 Å². The van der Waals surface area contributed by atoms with Crippen LogP contribution in [0.4, 0.5) is 0 Å². The third-order valence-electron chi connectivity index (χ3n) is 6.72. The van der Waals surface area contributed by atoms with Gasteiger partial charge in [-0.05, 0) is 62.9 Å². The molecule has 1 amide bonds. The maximum atomic E-state index is 13.0. The lowest BCUT2D eigenvalue weighted by molar-refractivity contribution is -0.143. The molecule has 0 saturated carbocycles. The number of amides is 1. The third-order valence-corrected chi connectivity index (χ3v) is 6.72. The first-order chi connectivity index (χ1) is 12.1. The van der Waals surface area contributed by atoms with Crippen LogP contribution >= 0.6 is 0 Å². The molecule has 0 fully saturated rings. The highest BCUT2D eigenvalue weighted by molar-refractivity contribution is 5.99. The number of aliphatic hydroxyl groups is 2. The van der Waals surface area contributed by atoms with Crippen LogP contribution in [0.25, 0.3) is 0 Å². The monoisotopic (exact) mass is 359 g/mol. The molecule has 144 valence electrons. The van der Waals surface area contributed by atoms with E-state index in [-0.39, 0.29) is 11.3 Å². The zero-order chi connectivity index (χ0) is 19.3. The molecule has 3 rings (SSSR count). The van der Waals surface area contributed by atoms with Gasteiger partial charge in [0.2, 0.25) is 0 Å². The Bertz CT molecular complexity index is 688. The van der Waals surface area contributed by atoms with Crippen molar-refractivity contribution in [1.82, 2.24) is 4.90 Å². The van der Waals surface area contributed by atoms with E-state index in [2.05, 4.69) is 20.4 Å².